The molecule has 1 atom stereocenters. The smallest absolute Gasteiger partial charge is 0.316 e. The zero-order valence-corrected chi connectivity index (χ0v) is 15.1. The summed E-state index contributed by atoms with van der Waals surface area (Å²) in [6.07, 6.45) is 7.83. The van der Waals surface area contributed by atoms with E-state index in [1.807, 2.05) is 11.7 Å². The van der Waals surface area contributed by atoms with Gasteiger partial charge in [0, 0.05) is 25.5 Å². The monoisotopic (exact) mass is 357 g/mol. The summed E-state index contributed by atoms with van der Waals surface area (Å²) in [5.41, 5.74) is 0.715. The highest BCUT2D eigenvalue weighted by molar-refractivity contribution is 5.94. The maximum absolute atomic E-state index is 12.4. The van der Waals surface area contributed by atoms with Gasteiger partial charge in [-0.25, -0.2) is 15.0 Å². The summed E-state index contributed by atoms with van der Waals surface area (Å²) in [5, 5.41) is 7.25. The van der Waals surface area contributed by atoms with E-state index in [1.54, 1.807) is 6.33 Å². The molecule has 4 rings (SSSR count). The molecule has 1 N–H and O–H groups in total. The molecule has 26 heavy (non-hydrogen) atoms. The third-order valence-corrected chi connectivity index (χ3v) is 5.59. The molecule has 1 amide bonds. The van der Waals surface area contributed by atoms with Crippen molar-refractivity contribution < 1.29 is 9.53 Å². The summed E-state index contributed by atoms with van der Waals surface area (Å²) in [5.74, 6) is 0.872. The fourth-order valence-electron chi connectivity index (χ4n) is 3.70. The molecule has 1 aliphatic heterocycles. The molecule has 2 aromatic heterocycles. The van der Waals surface area contributed by atoms with Gasteiger partial charge in [-0.1, -0.05) is 0 Å². The van der Waals surface area contributed by atoms with E-state index in [-0.39, 0.29) is 23.4 Å². The molecule has 9 heteroatoms. The van der Waals surface area contributed by atoms with E-state index in [4.69, 9.17) is 4.74 Å². The Hall–Kier alpha value is -2.55. The number of rotatable bonds is 5. The Morgan fingerprint density at radius 1 is 1.31 bits per heavy atom. The lowest BCUT2D eigenvalue weighted by Crippen LogP contribution is -2.38. The van der Waals surface area contributed by atoms with E-state index in [9.17, 15) is 4.79 Å². The minimum Gasteiger partial charge on any atom is -0.467 e. The summed E-state index contributed by atoms with van der Waals surface area (Å²) in [4.78, 5) is 27.1. The zero-order chi connectivity index (χ0) is 18.1. The van der Waals surface area contributed by atoms with E-state index < -0.39 is 0 Å². The van der Waals surface area contributed by atoms with Gasteiger partial charge < -0.3 is 10.1 Å². The van der Waals surface area contributed by atoms with Crippen molar-refractivity contribution in [2.75, 3.05) is 20.2 Å². The van der Waals surface area contributed by atoms with Crippen molar-refractivity contribution in [3.63, 3.8) is 0 Å². The molecule has 1 saturated carbocycles. The average molecular weight is 357 g/mol. The van der Waals surface area contributed by atoms with Crippen LogP contribution in [0.2, 0.25) is 0 Å². The number of amides is 1. The number of nitrogens with one attached hydrogen (secondary N) is 1. The molecule has 1 unspecified atom stereocenters. The normalized spacial score (nSPS) is 21.5. The number of likely N-dealkylation sites (tertiary alicyclic amines) is 1. The molecule has 2 fully saturated rings. The Morgan fingerprint density at radius 2 is 2.04 bits per heavy atom. The third-order valence-electron chi connectivity index (χ3n) is 5.59. The van der Waals surface area contributed by atoms with E-state index in [1.165, 1.54) is 19.5 Å². The highest BCUT2D eigenvalue weighted by Gasteiger charge is 2.55. The van der Waals surface area contributed by atoms with Crippen molar-refractivity contribution in [3.8, 4) is 6.01 Å². The predicted molar refractivity (Wildman–Crippen MR) is 92.4 cm³/mol. The molecule has 1 aliphatic carbocycles. The Bertz CT molecular complexity index is 781. The number of carbonyl (C=O) groups is 1. The van der Waals surface area contributed by atoms with Gasteiger partial charge in [-0.15, -0.1) is 0 Å². The number of aromatic nitrogens is 5. The SMILES string of the molecule is COc1ncc(C(=O)NC2CC23CCN(Cc2ncnn2C)CC3)cn1. The summed E-state index contributed by atoms with van der Waals surface area (Å²) in [6, 6.07) is 0.508. The molecule has 1 spiro atoms. The van der Waals surface area contributed by atoms with Crippen LogP contribution in [0.1, 0.15) is 35.4 Å². The van der Waals surface area contributed by atoms with Crippen molar-refractivity contribution in [2.24, 2.45) is 12.5 Å². The Balaban J connectivity index is 1.28. The summed E-state index contributed by atoms with van der Waals surface area (Å²) in [7, 11) is 3.42. The lowest BCUT2D eigenvalue weighted by molar-refractivity contribution is 0.0932. The van der Waals surface area contributed by atoms with Gasteiger partial charge in [-0.3, -0.25) is 14.4 Å². The lowest BCUT2D eigenvalue weighted by atomic mass is 9.92. The molecule has 2 aromatic rings. The standard InChI is InChI=1S/C17H23N7O2/c1-23-14(20-11-21-23)10-24-5-3-17(4-6-24)7-13(17)22-15(25)12-8-18-16(26-2)19-9-12/h8-9,11,13H,3-7,10H2,1-2H3,(H,22,25). The van der Waals surface area contributed by atoms with Gasteiger partial charge in [0.1, 0.15) is 12.2 Å². The average Bonchev–Trinajstić information content (AvgIpc) is 3.16. The Labute approximate surface area is 151 Å². The van der Waals surface area contributed by atoms with E-state index >= 15 is 0 Å². The second-order valence-corrected chi connectivity index (χ2v) is 7.13. The van der Waals surface area contributed by atoms with Gasteiger partial charge in [0.25, 0.3) is 5.91 Å². The number of methoxy groups -OCH3 is 1. The fraction of sp³-hybridized carbons (Fsp3) is 0.588. The van der Waals surface area contributed by atoms with Crippen LogP contribution < -0.4 is 10.1 Å². The topological polar surface area (TPSA) is 98.1 Å². The maximum atomic E-state index is 12.4. The first-order chi connectivity index (χ1) is 12.6. The van der Waals surface area contributed by atoms with Crippen molar-refractivity contribution in [1.82, 2.24) is 34.9 Å². The summed E-state index contributed by atoms with van der Waals surface area (Å²) >= 11 is 0. The van der Waals surface area contributed by atoms with Gasteiger partial charge in [-0.2, -0.15) is 5.10 Å². The van der Waals surface area contributed by atoms with Crippen LogP contribution in [0.5, 0.6) is 6.01 Å². The quantitative estimate of drug-likeness (QED) is 0.827. The Kier molecular flexibility index (Phi) is 4.31. The minimum atomic E-state index is -0.115. The van der Waals surface area contributed by atoms with Crippen molar-refractivity contribution in [1.29, 1.82) is 0 Å². The number of aryl methyl sites for hydroxylation is 1. The van der Waals surface area contributed by atoms with Crippen LogP contribution in [0, 0.1) is 5.41 Å². The van der Waals surface area contributed by atoms with Crippen molar-refractivity contribution >= 4 is 5.91 Å². The van der Waals surface area contributed by atoms with E-state index in [2.05, 4.69) is 30.3 Å². The van der Waals surface area contributed by atoms with Crippen LogP contribution in [0.15, 0.2) is 18.7 Å². The summed E-state index contributed by atoms with van der Waals surface area (Å²) in [6.45, 7) is 2.86. The fourth-order valence-corrected chi connectivity index (χ4v) is 3.70. The van der Waals surface area contributed by atoms with Crippen LogP contribution in [0.25, 0.3) is 0 Å². The van der Waals surface area contributed by atoms with Crippen LogP contribution in [0.4, 0.5) is 0 Å². The molecule has 0 bridgehead atoms. The van der Waals surface area contributed by atoms with Crippen LogP contribution >= 0.6 is 0 Å². The molecule has 3 heterocycles. The van der Waals surface area contributed by atoms with Crippen LogP contribution in [-0.4, -0.2) is 61.8 Å². The van der Waals surface area contributed by atoms with E-state index in [0.29, 0.717) is 5.56 Å². The number of carbonyl (C=O) groups excluding carboxylic acids is 1. The summed E-state index contributed by atoms with van der Waals surface area (Å²) < 4.78 is 6.74. The van der Waals surface area contributed by atoms with Gasteiger partial charge in [0.05, 0.1) is 19.2 Å². The van der Waals surface area contributed by atoms with Gasteiger partial charge >= 0.3 is 6.01 Å². The number of nitrogens with zero attached hydrogens (tertiary/aromatic N) is 6. The lowest BCUT2D eigenvalue weighted by Gasteiger charge is -2.32. The molecule has 1 saturated heterocycles. The molecule has 9 nitrogen and oxygen atoms in total. The zero-order valence-electron chi connectivity index (χ0n) is 15.1. The second-order valence-electron chi connectivity index (χ2n) is 7.13. The molecule has 0 aromatic carbocycles. The van der Waals surface area contributed by atoms with Gasteiger partial charge in [-0.05, 0) is 37.8 Å². The highest BCUT2D eigenvalue weighted by atomic mass is 16.5. The minimum absolute atomic E-state index is 0.115. The first-order valence-corrected chi connectivity index (χ1v) is 8.82. The number of hydrogen-bond donors (Lipinski definition) is 1. The first kappa shape index (κ1) is 16.9. The van der Waals surface area contributed by atoms with Crippen molar-refractivity contribution in [3.05, 3.63) is 30.1 Å². The number of ether oxygens (including phenoxy) is 1. The Morgan fingerprint density at radius 3 is 2.65 bits per heavy atom. The van der Waals surface area contributed by atoms with Gasteiger partial charge in [0.2, 0.25) is 0 Å². The third kappa shape index (κ3) is 3.26. The number of piperidine rings is 1. The second kappa shape index (κ2) is 6.64. The molecule has 0 radical (unpaired) electrons. The van der Waals surface area contributed by atoms with E-state index in [0.717, 1.165) is 44.7 Å². The highest BCUT2D eigenvalue weighted by Crippen LogP contribution is 2.54. The van der Waals surface area contributed by atoms with Gasteiger partial charge in [0.15, 0.2) is 0 Å². The molecular weight excluding hydrogens is 334 g/mol. The predicted octanol–water partition coefficient (Wildman–Crippen LogP) is 0.398. The first-order valence-electron chi connectivity index (χ1n) is 8.82. The van der Waals surface area contributed by atoms with Crippen LogP contribution in [0.3, 0.4) is 0 Å². The number of hydrogen-bond acceptors (Lipinski definition) is 7. The molecule has 138 valence electrons. The largest absolute Gasteiger partial charge is 0.467 e. The molecular formula is C17H23N7O2. The maximum Gasteiger partial charge on any atom is 0.316 e. The molecule has 2 aliphatic rings. The van der Waals surface area contributed by atoms with Crippen LogP contribution in [-0.2, 0) is 13.6 Å². The van der Waals surface area contributed by atoms with Crippen molar-refractivity contribution in [2.45, 2.75) is 31.8 Å².